The minimum Gasteiger partial charge on any atom is -0.497 e. The van der Waals surface area contributed by atoms with E-state index in [1.807, 2.05) is 41.0 Å². The fraction of sp³-hybridized carbons (Fsp3) is 0.364. The Morgan fingerprint density at radius 1 is 1.03 bits per heavy atom. The molecule has 1 aliphatic rings. The van der Waals surface area contributed by atoms with Crippen LogP contribution in [0.5, 0.6) is 5.75 Å². The summed E-state index contributed by atoms with van der Waals surface area (Å²) in [7, 11) is 1.59. The average molecular weight is 475 g/mol. The number of ether oxygens (including phenoxy) is 2. The van der Waals surface area contributed by atoms with Gasteiger partial charge in [-0.3, -0.25) is 15.1 Å². The van der Waals surface area contributed by atoms with Gasteiger partial charge in [0.2, 0.25) is 5.62 Å². The zero-order valence-electron chi connectivity index (χ0n) is 17.0. The number of hydrogen-bond donors (Lipinski definition) is 1. The molecule has 4 rings (SSSR count). The maximum absolute atomic E-state index is 12.9. The van der Waals surface area contributed by atoms with E-state index in [2.05, 4.69) is 4.90 Å². The van der Waals surface area contributed by atoms with Gasteiger partial charge in [-0.1, -0.05) is 24.3 Å². The van der Waals surface area contributed by atoms with Crippen molar-refractivity contribution in [3.8, 4) is 5.75 Å². The molecule has 0 saturated carbocycles. The van der Waals surface area contributed by atoms with E-state index in [0.717, 1.165) is 43.9 Å². The van der Waals surface area contributed by atoms with E-state index in [1.165, 1.54) is 0 Å². The zero-order chi connectivity index (χ0) is 20.2. The maximum Gasteiger partial charge on any atom is 0.203 e. The lowest BCUT2D eigenvalue weighted by atomic mass is 10.1. The van der Waals surface area contributed by atoms with Crippen molar-refractivity contribution in [2.45, 2.75) is 13.1 Å². The summed E-state index contributed by atoms with van der Waals surface area (Å²) in [6, 6.07) is 15.1. The molecule has 30 heavy (non-hydrogen) atoms. The Morgan fingerprint density at radius 3 is 2.43 bits per heavy atom. The number of carbonyl (C=O) groups excluding carboxylic acids is 1. The summed E-state index contributed by atoms with van der Waals surface area (Å²) in [4.78, 5) is 15.3. The zero-order valence-corrected chi connectivity index (χ0v) is 18.8. The number of fused-ring (bicyclic) bond motifs is 1. The second-order valence-corrected chi connectivity index (χ2v) is 7.16. The molecule has 0 atom stereocenters. The van der Waals surface area contributed by atoms with E-state index < -0.39 is 0 Å². The topological polar surface area (TPSA) is 72.5 Å². The molecular formula is C22H27BrN4O3. The van der Waals surface area contributed by atoms with Gasteiger partial charge in [-0.15, -0.1) is 17.0 Å². The van der Waals surface area contributed by atoms with E-state index in [4.69, 9.17) is 14.9 Å². The Hall–Kier alpha value is -2.42. The molecule has 3 aromatic rings. The van der Waals surface area contributed by atoms with Gasteiger partial charge >= 0.3 is 0 Å². The van der Waals surface area contributed by atoms with Crippen LogP contribution in [0.1, 0.15) is 10.4 Å². The van der Waals surface area contributed by atoms with Crippen LogP contribution in [0.25, 0.3) is 11.0 Å². The van der Waals surface area contributed by atoms with E-state index in [9.17, 15) is 4.79 Å². The summed E-state index contributed by atoms with van der Waals surface area (Å²) in [5.74, 6) is 0.610. The van der Waals surface area contributed by atoms with E-state index >= 15 is 0 Å². The number of ketones is 1. The van der Waals surface area contributed by atoms with Gasteiger partial charge in [0.1, 0.15) is 5.75 Å². The maximum atomic E-state index is 12.9. The largest absolute Gasteiger partial charge is 0.497 e. The van der Waals surface area contributed by atoms with Gasteiger partial charge in [0, 0.05) is 31.7 Å². The Kier molecular flexibility index (Phi) is 7.47. The van der Waals surface area contributed by atoms with Crippen LogP contribution in [0.15, 0.2) is 48.5 Å². The number of benzene rings is 2. The third kappa shape index (κ3) is 4.66. The van der Waals surface area contributed by atoms with Crippen molar-refractivity contribution in [3.05, 3.63) is 59.7 Å². The number of halogens is 1. The molecule has 1 aromatic heterocycles. The molecule has 0 bridgehead atoms. The Labute approximate surface area is 186 Å². The summed E-state index contributed by atoms with van der Waals surface area (Å²) in [5, 5.41) is 8.73. The molecule has 8 heteroatoms. The molecule has 2 heterocycles. The molecule has 1 saturated heterocycles. The first kappa shape index (κ1) is 22.3. The number of carbonyl (C=O) groups is 1. The number of rotatable bonds is 7. The number of methoxy groups -OCH3 is 1. The lowest BCUT2D eigenvalue weighted by Crippen LogP contribution is -2.39. The molecule has 1 fully saturated rings. The molecule has 1 N–H and O–H groups in total. The minimum atomic E-state index is -0.0431. The second kappa shape index (κ2) is 10.1. The summed E-state index contributed by atoms with van der Waals surface area (Å²) < 4.78 is 14.4. The molecule has 2 aromatic carbocycles. The first-order valence-corrected chi connectivity index (χ1v) is 9.87. The summed E-state index contributed by atoms with van der Waals surface area (Å²) in [5.41, 5.74) is 2.80. The van der Waals surface area contributed by atoms with Crippen molar-refractivity contribution >= 4 is 33.8 Å². The van der Waals surface area contributed by atoms with Gasteiger partial charge in [0.05, 0.1) is 37.9 Å². The number of Topliss-reactive ketones (excluding diaryl/α,β-unsaturated/α-hetero) is 1. The lowest BCUT2D eigenvalue weighted by Gasteiger charge is -2.26. The first-order chi connectivity index (χ1) is 14.2. The summed E-state index contributed by atoms with van der Waals surface area (Å²) in [6.45, 7) is 5.04. The highest BCUT2D eigenvalue weighted by Crippen LogP contribution is 2.16. The quantitative estimate of drug-likeness (QED) is 0.534. The predicted molar refractivity (Wildman–Crippen MR) is 121 cm³/mol. The van der Waals surface area contributed by atoms with Crippen LogP contribution in [-0.4, -0.2) is 59.8 Å². The van der Waals surface area contributed by atoms with Crippen molar-refractivity contribution in [1.29, 1.82) is 5.41 Å². The number of nitrogens with zero attached hydrogens (tertiary/aromatic N) is 3. The minimum absolute atomic E-state index is 0. The standard InChI is InChI=1S/C22H26N4O3.BrH/c1-28-18-6-4-5-17(15-18)21(27)16-26-20-8-3-2-7-19(20)25(22(26)23)10-9-24-11-13-29-14-12-24;/h2-8,15,23H,9-14,16H2,1H3;1H. The van der Waals surface area contributed by atoms with Crippen molar-refractivity contribution in [3.63, 3.8) is 0 Å². The van der Waals surface area contributed by atoms with Gasteiger partial charge in [0.15, 0.2) is 5.78 Å². The number of imidazole rings is 1. The first-order valence-electron chi connectivity index (χ1n) is 9.87. The SMILES string of the molecule is Br.COc1cccc(C(=O)Cn2c(=N)n(CCN3CCOCC3)c3ccccc32)c1. The van der Waals surface area contributed by atoms with Crippen LogP contribution in [0.4, 0.5) is 0 Å². The van der Waals surface area contributed by atoms with Crippen LogP contribution >= 0.6 is 17.0 Å². The highest BCUT2D eigenvalue weighted by atomic mass is 79.9. The molecule has 0 radical (unpaired) electrons. The Bertz CT molecular complexity index is 1070. The summed E-state index contributed by atoms with van der Waals surface area (Å²) >= 11 is 0. The number of morpholine rings is 1. The fourth-order valence-corrected chi connectivity index (χ4v) is 3.78. The molecule has 0 aliphatic carbocycles. The number of para-hydroxylation sites is 2. The third-order valence-electron chi connectivity index (χ3n) is 5.41. The van der Waals surface area contributed by atoms with Crippen LogP contribution < -0.4 is 10.4 Å². The molecule has 0 amide bonds. The number of aromatic nitrogens is 2. The van der Waals surface area contributed by atoms with Gasteiger partial charge in [0.25, 0.3) is 0 Å². The van der Waals surface area contributed by atoms with Gasteiger partial charge in [-0.25, -0.2) is 0 Å². The monoisotopic (exact) mass is 474 g/mol. The van der Waals surface area contributed by atoms with Crippen LogP contribution in [0.3, 0.4) is 0 Å². The smallest absolute Gasteiger partial charge is 0.203 e. The molecule has 1 aliphatic heterocycles. The van der Waals surface area contributed by atoms with Crippen LogP contribution in [0.2, 0.25) is 0 Å². The highest BCUT2D eigenvalue weighted by Gasteiger charge is 2.16. The Balaban J connectivity index is 0.00000256. The van der Waals surface area contributed by atoms with E-state index in [1.54, 1.807) is 23.8 Å². The highest BCUT2D eigenvalue weighted by molar-refractivity contribution is 8.93. The predicted octanol–water partition coefficient (Wildman–Crippen LogP) is 2.72. The van der Waals surface area contributed by atoms with Crippen molar-refractivity contribution < 1.29 is 14.3 Å². The summed E-state index contributed by atoms with van der Waals surface area (Å²) in [6.07, 6.45) is 0. The molecular weight excluding hydrogens is 448 g/mol. The number of hydrogen-bond acceptors (Lipinski definition) is 5. The molecule has 0 unspecified atom stereocenters. The second-order valence-electron chi connectivity index (χ2n) is 7.16. The van der Waals surface area contributed by atoms with Crippen molar-refractivity contribution in [2.24, 2.45) is 0 Å². The van der Waals surface area contributed by atoms with Gasteiger partial charge in [-0.2, -0.15) is 0 Å². The molecule has 160 valence electrons. The lowest BCUT2D eigenvalue weighted by molar-refractivity contribution is 0.0363. The normalized spacial score (nSPS) is 14.4. The van der Waals surface area contributed by atoms with Crippen LogP contribution in [0, 0.1) is 5.41 Å². The Morgan fingerprint density at radius 2 is 1.73 bits per heavy atom. The van der Waals surface area contributed by atoms with Gasteiger partial charge in [-0.05, 0) is 24.3 Å². The van der Waals surface area contributed by atoms with Crippen molar-refractivity contribution in [2.75, 3.05) is 40.0 Å². The number of nitrogens with one attached hydrogen (secondary N) is 1. The third-order valence-corrected chi connectivity index (χ3v) is 5.41. The average Bonchev–Trinajstić information content (AvgIpc) is 3.04. The van der Waals surface area contributed by atoms with Crippen LogP contribution in [-0.2, 0) is 17.8 Å². The fourth-order valence-electron chi connectivity index (χ4n) is 3.78. The van der Waals surface area contributed by atoms with Gasteiger partial charge < -0.3 is 18.6 Å². The van der Waals surface area contributed by atoms with Crippen molar-refractivity contribution in [1.82, 2.24) is 14.0 Å². The molecule has 7 nitrogen and oxygen atoms in total. The molecule has 0 spiro atoms. The van der Waals surface area contributed by atoms with E-state index in [-0.39, 0.29) is 29.3 Å². The van der Waals surface area contributed by atoms with E-state index in [0.29, 0.717) is 23.5 Å².